The number of phenolic OH excluding ortho intramolecular Hbond substituents is 2. The van der Waals surface area contributed by atoms with Gasteiger partial charge < -0.3 is 21.1 Å². The van der Waals surface area contributed by atoms with Crippen molar-refractivity contribution in [2.45, 2.75) is 19.1 Å². The van der Waals surface area contributed by atoms with Crippen LogP contribution in [0.3, 0.4) is 0 Å². The van der Waals surface area contributed by atoms with E-state index >= 15 is 0 Å². The van der Waals surface area contributed by atoms with Crippen LogP contribution >= 0.6 is 0 Å². The SMILES string of the molecule is C[C@H](N)[C@H](O)c1cc(O)c(O)cc1F. The van der Waals surface area contributed by atoms with E-state index in [4.69, 9.17) is 15.9 Å². The summed E-state index contributed by atoms with van der Waals surface area (Å²) in [5, 5.41) is 27.5. The molecular weight excluding hydrogens is 189 g/mol. The monoisotopic (exact) mass is 201 g/mol. The normalized spacial score (nSPS) is 15.1. The van der Waals surface area contributed by atoms with Crippen LogP contribution in [0.2, 0.25) is 0 Å². The number of hydrogen-bond acceptors (Lipinski definition) is 4. The molecule has 0 fully saturated rings. The van der Waals surface area contributed by atoms with Gasteiger partial charge in [0.15, 0.2) is 11.5 Å². The molecular formula is C9H12FNO3. The molecule has 0 saturated carbocycles. The predicted octanol–water partition coefficient (Wildman–Crippen LogP) is 0.617. The molecule has 0 heterocycles. The fourth-order valence-electron chi connectivity index (χ4n) is 1.08. The third-order valence-corrected chi connectivity index (χ3v) is 1.91. The van der Waals surface area contributed by atoms with Gasteiger partial charge in [-0.2, -0.15) is 0 Å². The van der Waals surface area contributed by atoms with E-state index in [-0.39, 0.29) is 5.56 Å². The van der Waals surface area contributed by atoms with Crippen LogP contribution in [-0.2, 0) is 0 Å². The zero-order chi connectivity index (χ0) is 10.9. The predicted molar refractivity (Wildman–Crippen MR) is 48.3 cm³/mol. The minimum Gasteiger partial charge on any atom is -0.504 e. The second-order valence-corrected chi connectivity index (χ2v) is 3.17. The first kappa shape index (κ1) is 10.7. The molecule has 0 aliphatic heterocycles. The number of nitrogens with two attached hydrogens (primary N) is 1. The van der Waals surface area contributed by atoms with E-state index in [1.807, 2.05) is 0 Å². The molecule has 4 nitrogen and oxygen atoms in total. The van der Waals surface area contributed by atoms with Gasteiger partial charge in [-0.1, -0.05) is 0 Å². The average Bonchev–Trinajstić information content (AvgIpc) is 2.10. The summed E-state index contributed by atoms with van der Waals surface area (Å²) in [6, 6.07) is 1.03. The first-order valence-electron chi connectivity index (χ1n) is 4.08. The second kappa shape index (κ2) is 3.81. The Hall–Kier alpha value is -1.33. The van der Waals surface area contributed by atoms with E-state index < -0.39 is 29.5 Å². The van der Waals surface area contributed by atoms with E-state index in [9.17, 15) is 9.50 Å². The van der Waals surface area contributed by atoms with Crippen molar-refractivity contribution in [3.63, 3.8) is 0 Å². The van der Waals surface area contributed by atoms with Gasteiger partial charge in [-0.15, -0.1) is 0 Å². The lowest BCUT2D eigenvalue weighted by molar-refractivity contribution is 0.148. The fourth-order valence-corrected chi connectivity index (χ4v) is 1.08. The summed E-state index contributed by atoms with van der Waals surface area (Å²) in [5.41, 5.74) is 5.23. The number of phenols is 2. The zero-order valence-corrected chi connectivity index (χ0v) is 7.61. The molecule has 0 saturated heterocycles. The minimum absolute atomic E-state index is 0.129. The van der Waals surface area contributed by atoms with Crippen molar-refractivity contribution in [1.82, 2.24) is 0 Å². The van der Waals surface area contributed by atoms with Gasteiger partial charge in [-0.25, -0.2) is 4.39 Å². The molecule has 5 heteroatoms. The summed E-state index contributed by atoms with van der Waals surface area (Å²) in [6.07, 6.45) is -1.21. The molecule has 1 rings (SSSR count). The summed E-state index contributed by atoms with van der Waals surface area (Å²) >= 11 is 0. The Bertz CT molecular complexity index is 341. The topological polar surface area (TPSA) is 86.7 Å². The van der Waals surface area contributed by atoms with Crippen molar-refractivity contribution < 1.29 is 19.7 Å². The molecule has 0 amide bonds. The van der Waals surface area contributed by atoms with Crippen molar-refractivity contribution >= 4 is 0 Å². The van der Waals surface area contributed by atoms with E-state index in [1.165, 1.54) is 6.92 Å². The highest BCUT2D eigenvalue weighted by atomic mass is 19.1. The van der Waals surface area contributed by atoms with Crippen LogP contribution in [0.5, 0.6) is 11.5 Å². The van der Waals surface area contributed by atoms with Crippen LogP contribution in [0.1, 0.15) is 18.6 Å². The first-order valence-corrected chi connectivity index (χ1v) is 4.08. The van der Waals surface area contributed by atoms with Gasteiger partial charge in [0.2, 0.25) is 0 Å². The summed E-state index contributed by atoms with van der Waals surface area (Å²) in [6.45, 7) is 1.51. The lowest BCUT2D eigenvalue weighted by atomic mass is 10.0. The van der Waals surface area contributed by atoms with Gasteiger partial charge in [-0.05, 0) is 13.0 Å². The van der Waals surface area contributed by atoms with Crippen molar-refractivity contribution in [2.24, 2.45) is 5.73 Å². The van der Waals surface area contributed by atoms with E-state index in [1.54, 1.807) is 0 Å². The Morgan fingerprint density at radius 2 is 1.79 bits per heavy atom. The van der Waals surface area contributed by atoms with Crippen LogP contribution < -0.4 is 5.73 Å². The van der Waals surface area contributed by atoms with Crippen LogP contribution in [0, 0.1) is 5.82 Å². The zero-order valence-electron chi connectivity index (χ0n) is 7.61. The lowest BCUT2D eigenvalue weighted by Crippen LogP contribution is -2.25. The highest BCUT2D eigenvalue weighted by Crippen LogP contribution is 2.31. The number of rotatable bonds is 2. The second-order valence-electron chi connectivity index (χ2n) is 3.17. The standard InChI is InChI=1S/C9H12FNO3/c1-4(11)9(14)5-2-7(12)8(13)3-6(5)10/h2-4,9,12-14H,11H2,1H3/t4-,9-/m0/s1. The Labute approximate surface area is 80.4 Å². The van der Waals surface area contributed by atoms with Crippen LogP contribution in [0.15, 0.2) is 12.1 Å². The highest BCUT2D eigenvalue weighted by molar-refractivity contribution is 5.42. The maximum atomic E-state index is 13.2. The molecule has 78 valence electrons. The van der Waals surface area contributed by atoms with Crippen LogP contribution in [-0.4, -0.2) is 21.4 Å². The number of aromatic hydroxyl groups is 2. The highest BCUT2D eigenvalue weighted by Gasteiger charge is 2.19. The van der Waals surface area contributed by atoms with Gasteiger partial charge >= 0.3 is 0 Å². The molecule has 14 heavy (non-hydrogen) atoms. The lowest BCUT2D eigenvalue weighted by Gasteiger charge is -2.16. The van der Waals surface area contributed by atoms with Crippen molar-refractivity contribution in [3.05, 3.63) is 23.5 Å². The molecule has 5 N–H and O–H groups in total. The molecule has 0 aromatic heterocycles. The molecule has 0 bridgehead atoms. The first-order chi connectivity index (χ1) is 6.43. The third kappa shape index (κ3) is 1.94. The molecule has 0 spiro atoms. The smallest absolute Gasteiger partial charge is 0.160 e. The number of aliphatic hydroxyl groups excluding tert-OH is 1. The quantitative estimate of drug-likeness (QED) is 0.528. The number of benzene rings is 1. The van der Waals surface area contributed by atoms with Crippen molar-refractivity contribution in [3.8, 4) is 11.5 Å². The minimum atomic E-state index is -1.21. The van der Waals surface area contributed by atoms with Crippen molar-refractivity contribution in [1.29, 1.82) is 0 Å². The summed E-state index contributed by atoms with van der Waals surface area (Å²) in [7, 11) is 0. The number of aliphatic hydroxyl groups is 1. The fraction of sp³-hybridized carbons (Fsp3) is 0.333. The maximum Gasteiger partial charge on any atom is 0.160 e. The summed E-state index contributed by atoms with van der Waals surface area (Å²) < 4.78 is 13.2. The van der Waals surface area contributed by atoms with Gasteiger partial charge in [0, 0.05) is 17.7 Å². The van der Waals surface area contributed by atoms with Gasteiger partial charge in [0.25, 0.3) is 0 Å². The van der Waals surface area contributed by atoms with E-state index in [2.05, 4.69) is 0 Å². The summed E-state index contributed by atoms with van der Waals surface area (Å²) in [4.78, 5) is 0. The maximum absolute atomic E-state index is 13.2. The van der Waals surface area contributed by atoms with Crippen LogP contribution in [0.25, 0.3) is 0 Å². The number of halogens is 1. The van der Waals surface area contributed by atoms with E-state index in [0.29, 0.717) is 0 Å². The Morgan fingerprint density at radius 1 is 1.29 bits per heavy atom. The third-order valence-electron chi connectivity index (χ3n) is 1.91. The molecule has 1 aromatic rings. The molecule has 0 aliphatic rings. The molecule has 0 aliphatic carbocycles. The Kier molecular flexibility index (Phi) is 2.93. The Morgan fingerprint density at radius 3 is 2.29 bits per heavy atom. The van der Waals surface area contributed by atoms with Gasteiger partial charge in [0.1, 0.15) is 5.82 Å². The average molecular weight is 201 g/mol. The molecule has 0 unspecified atom stereocenters. The largest absolute Gasteiger partial charge is 0.504 e. The van der Waals surface area contributed by atoms with E-state index in [0.717, 1.165) is 12.1 Å². The number of hydrogen-bond donors (Lipinski definition) is 4. The van der Waals surface area contributed by atoms with Gasteiger partial charge in [-0.3, -0.25) is 0 Å². The van der Waals surface area contributed by atoms with Crippen LogP contribution in [0.4, 0.5) is 4.39 Å². The summed E-state index contributed by atoms with van der Waals surface area (Å²) in [5.74, 6) is -1.85. The Balaban J connectivity index is 3.15. The molecule has 1 aromatic carbocycles. The molecule has 2 atom stereocenters. The van der Waals surface area contributed by atoms with Crippen molar-refractivity contribution in [2.75, 3.05) is 0 Å². The van der Waals surface area contributed by atoms with Gasteiger partial charge in [0.05, 0.1) is 6.10 Å². The molecule has 0 radical (unpaired) electrons.